The van der Waals surface area contributed by atoms with Gasteiger partial charge in [0.15, 0.2) is 11.5 Å². The zero-order valence-electron chi connectivity index (χ0n) is 14.5. The average molecular weight is 358 g/mol. The van der Waals surface area contributed by atoms with Crippen LogP contribution in [0.2, 0.25) is 0 Å². The van der Waals surface area contributed by atoms with Crippen molar-refractivity contribution in [3.63, 3.8) is 0 Å². The summed E-state index contributed by atoms with van der Waals surface area (Å²) in [5.41, 5.74) is 1.10. The highest BCUT2D eigenvalue weighted by Crippen LogP contribution is 2.31. The van der Waals surface area contributed by atoms with Crippen LogP contribution in [0.4, 0.5) is 15.8 Å². The second-order valence-corrected chi connectivity index (χ2v) is 5.87. The Morgan fingerprint density at radius 2 is 1.81 bits per heavy atom. The first-order chi connectivity index (χ1) is 12.5. The van der Waals surface area contributed by atoms with Crippen LogP contribution >= 0.6 is 0 Å². The fraction of sp³-hybridized carbons (Fsp3) is 0.263. The largest absolute Gasteiger partial charge is 0.493 e. The monoisotopic (exact) mass is 358 g/mol. The van der Waals surface area contributed by atoms with Gasteiger partial charge in [0.2, 0.25) is 11.8 Å². The van der Waals surface area contributed by atoms with E-state index in [4.69, 9.17) is 9.47 Å². The smallest absolute Gasteiger partial charge is 0.239 e. The number of methoxy groups -OCH3 is 2. The number of ether oxygens (including phenoxy) is 2. The van der Waals surface area contributed by atoms with Gasteiger partial charge in [-0.05, 0) is 42.8 Å². The number of rotatable bonds is 5. The molecule has 6 nitrogen and oxygen atoms in total. The number of hydrogen-bond donors (Lipinski definition) is 1. The summed E-state index contributed by atoms with van der Waals surface area (Å²) in [7, 11) is 3.03. The van der Waals surface area contributed by atoms with Gasteiger partial charge in [0, 0.05) is 24.0 Å². The minimum atomic E-state index is -0.784. The zero-order valence-corrected chi connectivity index (χ0v) is 14.5. The van der Waals surface area contributed by atoms with E-state index in [1.165, 1.54) is 43.4 Å². The number of benzene rings is 2. The van der Waals surface area contributed by atoms with Gasteiger partial charge < -0.3 is 19.7 Å². The summed E-state index contributed by atoms with van der Waals surface area (Å²) in [6.07, 6.45) is 0.398. The molecule has 1 saturated heterocycles. The first-order valence-electron chi connectivity index (χ1n) is 8.13. The Morgan fingerprint density at radius 3 is 2.46 bits per heavy atom. The molecule has 1 heterocycles. The summed E-state index contributed by atoms with van der Waals surface area (Å²) >= 11 is 0. The molecule has 2 aromatic carbocycles. The molecule has 136 valence electrons. The van der Waals surface area contributed by atoms with E-state index in [0.717, 1.165) is 0 Å². The number of hydrogen-bond acceptors (Lipinski definition) is 4. The highest BCUT2D eigenvalue weighted by molar-refractivity contribution is 6.13. The number of nitrogens with zero attached hydrogens (tertiary/aromatic N) is 1. The standard InChI is InChI=1S/C19H19FN2O4/c1-25-16-8-5-13(11-17(16)26-2)21-18(23)15-9-10-22(19(15)24)14-6-3-12(20)4-7-14/h3-8,11,15H,9-10H2,1-2H3,(H,21,23). The van der Waals surface area contributed by atoms with Crippen molar-refractivity contribution in [1.29, 1.82) is 0 Å². The zero-order chi connectivity index (χ0) is 18.7. The van der Waals surface area contributed by atoms with Crippen molar-refractivity contribution in [3.8, 4) is 11.5 Å². The minimum absolute atomic E-state index is 0.297. The Bertz CT molecular complexity index is 823. The highest BCUT2D eigenvalue weighted by atomic mass is 19.1. The molecule has 7 heteroatoms. The quantitative estimate of drug-likeness (QED) is 0.835. The molecule has 1 N–H and O–H groups in total. The van der Waals surface area contributed by atoms with Crippen molar-refractivity contribution in [2.24, 2.45) is 5.92 Å². The van der Waals surface area contributed by atoms with Crippen LogP contribution in [0.5, 0.6) is 11.5 Å². The molecule has 1 unspecified atom stereocenters. The van der Waals surface area contributed by atoms with Crippen molar-refractivity contribution >= 4 is 23.2 Å². The molecule has 1 aliphatic rings. The summed E-state index contributed by atoms with van der Waals surface area (Å²) in [5.74, 6) is -0.807. The number of carbonyl (C=O) groups is 2. The van der Waals surface area contributed by atoms with Crippen LogP contribution in [0.3, 0.4) is 0 Å². The van der Waals surface area contributed by atoms with Crippen molar-refractivity contribution in [2.45, 2.75) is 6.42 Å². The Labute approximate surface area is 150 Å². The fourth-order valence-corrected chi connectivity index (χ4v) is 2.94. The number of anilines is 2. The van der Waals surface area contributed by atoms with E-state index in [2.05, 4.69) is 5.32 Å². The molecule has 0 aliphatic carbocycles. The maximum absolute atomic E-state index is 13.0. The maximum atomic E-state index is 13.0. The van der Waals surface area contributed by atoms with E-state index in [1.807, 2.05) is 0 Å². The van der Waals surface area contributed by atoms with Gasteiger partial charge in [-0.25, -0.2) is 4.39 Å². The summed E-state index contributed by atoms with van der Waals surface area (Å²) < 4.78 is 23.4. The predicted molar refractivity (Wildman–Crippen MR) is 95.0 cm³/mol. The lowest BCUT2D eigenvalue weighted by molar-refractivity contribution is -0.129. The predicted octanol–water partition coefficient (Wildman–Crippen LogP) is 2.83. The van der Waals surface area contributed by atoms with Crippen LogP contribution in [-0.4, -0.2) is 32.6 Å². The van der Waals surface area contributed by atoms with Crippen LogP contribution in [0, 0.1) is 11.7 Å². The van der Waals surface area contributed by atoms with Crippen molar-refractivity contribution < 1.29 is 23.5 Å². The van der Waals surface area contributed by atoms with Crippen LogP contribution < -0.4 is 19.7 Å². The third-order valence-corrected chi connectivity index (χ3v) is 4.31. The summed E-state index contributed by atoms with van der Waals surface area (Å²) in [6, 6.07) is 10.6. The van der Waals surface area contributed by atoms with Crippen LogP contribution in [0.25, 0.3) is 0 Å². The van der Waals surface area contributed by atoms with Crippen LogP contribution in [-0.2, 0) is 9.59 Å². The Morgan fingerprint density at radius 1 is 1.12 bits per heavy atom. The number of amides is 2. The van der Waals surface area contributed by atoms with Crippen LogP contribution in [0.1, 0.15) is 6.42 Å². The van der Waals surface area contributed by atoms with E-state index < -0.39 is 5.92 Å². The minimum Gasteiger partial charge on any atom is -0.493 e. The Kier molecular flexibility index (Phi) is 5.06. The lowest BCUT2D eigenvalue weighted by Gasteiger charge is -2.17. The fourth-order valence-electron chi connectivity index (χ4n) is 2.94. The second-order valence-electron chi connectivity index (χ2n) is 5.87. The molecule has 0 saturated carbocycles. The summed E-state index contributed by atoms with van der Waals surface area (Å²) in [4.78, 5) is 26.6. The van der Waals surface area contributed by atoms with Gasteiger partial charge in [-0.2, -0.15) is 0 Å². The van der Waals surface area contributed by atoms with Gasteiger partial charge in [-0.3, -0.25) is 9.59 Å². The molecule has 1 aliphatic heterocycles. The normalized spacial score (nSPS) is 16.5. The number of carbonyl (C=O) groups excluding carboxylic acids is 2. The van der Waals surface area contributed by atoms with Gasteiger partial charge in [0.05, 0.1) is 14.2 Å². The molecule has 2 amide bonds. The first-order valence-corrected chi connectivity index (χ1v) is 8.13. The van der Waals surface area contributed by atoms with E-state index in [9.17, 15) is 14.0 Å². The summed E-state index contributed by atoms with van der Waals surface area (Å²) in [6.45, 7) is 0.411. The SMILES string of the molecule is COc1ccc(NC(=O)C2CCN(c3ccc(F)cc3)C2=O)cc1OC. The highest BCUT2D eigenvalue weighted by Gasteiger charge is 2.37. The van der Waals surface area contributed by atoms with Gasteiger partial charge in [0.1, 0.15) is 11.7 Å². The van der Waals surface area contributed by atoms with Crippen molar-refractivity contribution in [2.75, 3.05) is 31.0 Å². The first kappa shape index (κ1) is 17.7. The molecule has 0 aromatic heterocycles. The number of nitrogens with one attached hydrogen (secondary N) is 1. The molecule has 3 rings (SSSR count). The third-order valence-electron chi connectivity index (χ3n) is 4.31. The molecular formula is C19H19FN2O4. The lowest BCUT2D eigenvalue weighted by Crippen LogP contribution is -2.33. The second kappa shape index (κ2) is 7.43. The Balaban J connectivity index is 1.71. The van der Waals surface area contributed by atoms with Crippen molar-refractivity contribution in [3.05, 3.63) is 48.3 Å². The van der Waals surface area contributed by atoms with Gasteiger partial charge in [-0.15, -0.1) is 0 Å². The number of halogens is 1. The van der Waals surface area contributed by atoms with Gasteiger partial charge in [-0.1, -0.05) is 0 Å². The molecule has 2 aromatic rings. The average Bonchev–Trinajstić information content (AvgIpc) is 3.03. The molecule has 0 spiro atoms. The van der Waals surface area contributed by atoms with Crippen molar-refractivity contribution in [1.82, 2.24) is 0 Å². The molecule has 0 radical (unpaired) electrons. The topological polar surface area (TPSA) is 67.9 Å². The maximum Gasteiger partial charge on any atom is 0.239 e. The molecule has 1 fully saturated rings. The van der Waals surface area contributed by atoms with Crippen LogP contribution in [0.15, 0.2) is 42.5 Å². The van der Waals surface area contributed by atoms with Gasteiger partial charge >= 0.3 is 0 Å². The molecule has 0 bridgehead atoms. The molecular weight excluding hydrogens is 339 g/mol. The van der Waals surface area contributed by atoms with E-state index in [1.54, 1.807) is 18.2 Å². The van der Waals surface area contributed by atoms with E-state index in [0.29, 0.717) is 35.8 Å². The Hall–Kier alpha value is -3.09. The van der Waals surface area contributed by atoms with E-state index >= 15 is 0 Å². The molecule has 26 heavy (non-hydrogen) atoms. The van der Waals surface area contributed by atoms with Gasteiger partial charge in [0.25, 0.3) is 0 Å². The lowest BCUT2D eigenvalue weighted by atomic mass is 10.1. The molecule has 1 atom stereocenters. The summed E-state index contributed by atoms with van der Waals surface area (Å²) in [5, 5.41) is 2.74. The van der Waals surface area contributed by atoms with E-state index in [-0.39, 0.29) is 17.6 Å². The third kappa shape index (κ3) is 3.46.